The van der Waals surface area contributed by atoms with Crippen LogP contribution in [0, 0.1) is 5.82 Å². The number of nitrogens with one attached hydrogen (secondary N) is 2. The van der Waals surface area contributed by atoms with E-state index in [1.54, 1.807) is 12.3 Å². The van der Waals surface area contributed by atoms with E-state index in [-0.39, 0.29) is 41.5 Å². The van der Waals surface area contributed by atoms with E-state index >= 15 is 0 Å². The van der Waals surface area contributed by atoms with E-state index in [0.717, 1.165) is 11.8 Å². The highest BCUT2D eigenvalue weighted by molar-refractivity contribution is 8.00. The highest BCUT2D eigenvalue weighted by Gasteiger charge is 2.11. The molecule has 0 fully saturated rings. The van der Waals surface area contributed by atoms with Crippen molar-refractivity contribution in [2.24, 2.45) is 0 Å². The van der Waals surface area contributed by atoms with E-state index < -0.39 is 0 Å². The number of nitrogens with zero attached hydrogens (tertiary/aromatic N) is 1. The van der Waals surface area contributed by atoms with Gasteiger partial charge in [-0.1, -0.05) is 0 Å². The Morgan fingerprint density at radius 2 is 1.81 bits per heavy atom. The number of hydrogen-bond acceptors (Lipinski definition) is 7. The van der Waals surface area contributed by atoms with Gasteiger partial charge in [0.05, 0.1) is 30.2 Å². The average molecular weight is 411 g/mol. The van der Waals surface area contributed by atoms with Crippen molar-refractivity contribution in [2.45, 2.75) is 13.3 Å². The molecule has 2 N–H and O–H groups in total. The molecule has 0 atom stereocenters. The minimum absolute atomic E-state index is 0.0541. The van der Waals surface area contributed by atoms with E-state index in [1.807, 2.05) is 0 Å². The first-order valence-corrected chi connectivity index (χ1v) is 10.0. The number of benzene rings is 1. The van der Waals surface area contributed by atoms with Crippen LogP contribution < -0.4 is 10.6 Å². The van der Waals surface area contributed by atoms with Crippen LogP contribution in [0.5, 0.6) is 0 Å². The predicted molar refractivity (Wildman–Crippen MR) is 103 cm³/mol. The minimum atomic E-state index is -0.383. The molecule has 1 aromatic carbocycles. The maximum Gasteiger partial charge on any atom is 0.311 e. The zero-order valence-electron chi connectivity index (χ0n) is 14.5. The number of halogens is 1. The second kappa shape index (κ2) is 10.6. The number of carbonyl (C=O) groups excluding carboxylic acids is 3. The van der Waals surface area contributed by atoms with Gasteiger partial charge in [-0.3, -0.25) is 14.4 Å². The molecule has 0 aliphatic rings. The van der Waals surface area contributed by atoms with E-state index in [2.05, 4.69) is 15.6 Å². The maximum atomic E-state index is 12.8. The normalized spacial score (nSPS) is 10.3. The summed E-state index contributed by atoms with van der Waals surface area (Å²) in [7, 11) is 0. The molecule has 0 saturated heterocycles. The van der Waals surface area contributed by atoms with Gasteiger partial charge in [-0.2, -0.15) is 0 Å². The number of esters is 1. The van der Waals surface area contributed by atoms with E-state index in [0.29, 0.717) is 23.1 Å². The number of thioether (sulfide) groups is 1. The lowest BCUT2D eigenvalue weighted by molar-refractivity contribution is -0.142. The summed E-state index contributed by atoms with van der Waals surface area (Å²) in [6, 6.07) is 5.42. The van der Waals surface area contributed by atoms with E-state index in [1.165, 1.54) is 35.6 Å². The molecule has 0 spiro atoms. The molecule has 1 aromatic heterocycles. The summed E-state index contributed by atoms with van der Waals surface area (Å²) in [4.78, 5) is 39.2. The number of hydrogen-bond donors (Lipinski definition) is 2. The standard InChI is InChI=1S/C17H18FN3O4S2/c1-2-25-16(24)7-13-8-27-17(20-13)21-15(23)10-26-9-14(22)19-12-5-3-11(18)4-6-12/h3-6,8H,2,7,9-10H2,1H3,(H,19,22)(H,20,21,23). The first-order chi connectivity index (χ1) is 13.0. The lowest BCUT2D eigenvalue weighted by Gasteiger charge is -2.05. The Bertz CT molecular complexity index is 796. The summed E-state index contributed by atoms with van der Waals surface area (Å²) < 4.78 is 17.6. The van der Waals surface area contributed by atoms with Crippen molar-refractivity contribution < 1.29 is 23.5 Å². The summed E-state index contributed by atoms with van der Waals surface area (Å²) in [5, 5.41) is 7.29. The van der Waals surface area contributed by atoms with E-state index in [9.17, 15) is 18.8 Å². The Labute approximate surface area is 163 Å². The van der Waals surface area contributed by atoms with Gasteiger partial charge in [0.2, 0.25) is 11.8 Å². The Hall–Kier alpha value is -2.46. The molecule has 144 valence electrons. The number of aromatic nitrogens is 1. The number of thiazole rings is 1. The monoisotopic (exact) mass is 411 g/mol. The number of ether oxygens (including phenoxy) is 1. The Kier molecular flexibility index (Phi) is 8.21. The molecule has 0 unspecified atom stereocenters. The first kappa shape index (κ1) is 20.8. The number of carbonyl (C=O) groups is 3. The van der Waals surface area contributed by atoms with Crippen molar-refractivity contribution in [1.82, 2.24) is 4.98 Å². The van der Waals surface area contributed by atoms with Gasteiger partial charge in [0, 0.05) is 11.1 Å². The van der Waals surface area contributed by atoms with Crippen molar-refractivity contribution in [2.75, 3.05) is 28.7 Å². The molecule has 2 amide bonds. The topological polar surface area (TPSA) is 97.4 Å². The summed E-state index contributed by atoms with van der Waals surface area (Å²) in [6.45, 7) is 2.03. The van der Waals surface area contributed by atoms with Crippen molar-refractivity contribution >= 4 is 51.7 Å². The van der Waals surface area contributed by atoms with Gasteiger partial charge in [-0.15, -0.1) is 23.1 Å². The molecule has 0 aliphatic carbocycles. The van der Waals surface area contributed by atoms with Crippen molar-refractivity contribution in [3.8, 4) is 0 Å². The molecule has 2 aromatic rings. The van der Waals surface area contributed by atoms with Crippen molar-refractivity contribution in [3.05, 3.63) is 41.2 Å². The Morgan fingerprint density at radius 3 is 2.48 bits per heavy atom. The fraction of sp³-hybridized carbons (Fsp3) is 0.294. The van der Waals surface area contributed by atoms with E-state index in [4.69, 9.17) is 4.74 Å². The highest BCUT2D eigenvalue weighted by Crippen LogP contribution is 2.17. The van der Waals surface area contributed by atoms with Crippen LogP contribution in [0.2, 0.25) is 0 Å². The smallest absolute Gasteiger partial charge is 0.311 e. The summed E-state index contributed by atoms with van der Waals surface area (Å²) >= 11 is 2.35. The molecule has 10 heteroatoms. The maximum absolute atomic E-state index is 12.8. The van der Waals surface area contributed by atoms with Gasteiger partial charge in [0.15, 0.2) is 5.13 Å². The van der Waals surface area contributed by atoms with Crippen LogP contribution in [0.25, 0.3) is 0 Å². The second-order valence-corrected chi connectivity index (χ2v) is 7.07. The van der Waals surface area contributed by atoms with Gasteiger partial charge >= 0.3 is 5.97 Å². The van der Waals surface area contributed by atoms with Crippen molar-refractivity contribution in [1.29, 1.82) is 0 Å². The number of rotatable bonds is 9. The lowest BCUT2D eigenvalue weighted by atomic mass is 10.3. The van der Waals surface area contributed by atoms with Crippen LogP contribution in [0.1, 0.15) is 12.6 Å². The lowest BCUT2D eigenvalue weighted by Crippen LogP contribution is -2.18. The summed E-state index contributed by atoms with van der Waals surface area (Å²) in [5.41, 5.74) is 1.02. The van der Waals surface area contributed by atoms with Gasteiger partial charge in [-0.05, 0) is 31.2 Å². The highest BCUT2D eigenvalue weighted by atomic mass is 32.2. The van der Waals surface area contributed by atoms with Gasteiger partial charge in [0.25, 0.3) is 0 Å². The summed E-state index contributed by atoms with van der Waals surface area (Å²) in [6.07, 6.45) is 0.0541. The SMILES string of the molecule is CCOC(=O)Cc1csc(NC(=O)CSCC(=O)Nc2ccc(F)cc2)n1. The molecular formula is C17H18FN3O4S2. The molecular weight excluding hydrogens is 393 g/mol. The summed E-state index contributed by atoms with van der Waals surface area (Å²) in [5.74, 6) is -1.19. The molecule has 0 bridgehead atoms. The van der Waals surface area contributed by atoms with Crippen molar-refractivity contribution in [3.63, 3.8) is 0 Å². The quantitative estimate of drug-likeness (QED) is 0.616. The molecule has 7 nitrogen and oxygen atoms in total. The zero-order chi connectivity index (χ0) is 19.6. The van der Waals surface area contributed by atoms with Crippen LogP contribution in [-0.2, 0) is 25.5 Å². The fourth-order valence-corrected chi connectivity index (χ4v) is 3.27. The molecule has 0 radical (unpaired) electrons. The zero-order valence-corrected chi connectivity index (χ0v) is 16.1. The molecule has 27 heavy (non-hydrogen) atoms. The third kappa shape index (κ3) is 7.75. The minimum Gasteiger partial charge on any atom is -0.466 e. The third-order valence-corrected chi connectivity index (χ3v) is 4.76. The molecule has 0 aliphatic heterocycles. The third-order valence-electron chi connectivity index (χ3n) is 3.02. The second-order valence-electron chi connectivity index (χ2n) is 5.22. The molecule has 2 rings (SSSR count). The van der Waals surface area contributed by atoms with Crippen LogP contribution >= 0.6 is 23.1 Å². The number of anilines is 2. The van der Waals surface area contributed by atoms with Gasteiger partial charge in [-0.25, -0.2) is 9.37 Å². The predicted octanol–water partition coefficient (Wildman–Crippen LogP) is 2.70. The fourth-order valence-electron chi connectivity index (χ4n) is 1.93. The Morgan fingerprint density at radius 1 is 1.15 bits per heavy atom. The van der Waals surface area contributed by atoms with Crippen LogP contribution in [-0.4, -0.2) is 40.9 Å². The first-order valence-electron chi connectivity index (χ1n) is 7.99. The molecule has 0 saturated carbocycles. The molecule has 1 heterocycles. The average Bonchev–Trinajstić information content (AvgIpc) is 3.03. The largest absolute Gasteiger partial charge is 0.466 e. The number of amides is 2. The van der Waals surface area contributed by atoms with Gasteiger partial charge in [0.1, 0.15) is 5.82 Å². The van der Waals surface area contributed by atoms with Crippen LogP contribution in [0.3, 0.4) is 0 Å². The van der Waals surface area contributed by atoms with Crippen LogP contribution in [0.15, 0.2) is 29.6 Å². The van der Waals surface area contributed by atoms with Crippen LogP contribution in [0.4, 0.5) is 15.2 Å². The van der Waals surface area contributed by atoms with Gasteiger partial charge < -0.3 is 15.4 Å². The Balaban J connectivity index is 1.68.